The molecular weight excluding hydrogens is 150 g/mol. The molecule has 0 aliphatic carbocycles. The van der Waals surface area contributed by atoms with E-state index in [2.05, 4.69) is 4.99 Å². The van der Waals surface area contributed by atoms with Crippen LogP contribution in [0.5, 0.6) is 0 Å². The van der Waals surface area contributed by atoms with Crippen molar-refractivity contribution in [1.82, 2.24) is 0 Å². The predicted octanol–water partition coefficient (Wildman–Crippen LogP) is 1.52. The maximum absolute atomic E-state index is 10.3. The van der Waals surface area contributed by atoms with Crippen molar-refractivity contribution in [3.8, 4) is 0 Å². The third-order valence-corrected chi connectivity index (χ3v) is 1.45. The molecule has 2 nitrogen and oxygen atoms in total. The van der Waals surface area contributed by atoms with Gasteiger partial charge in [0.1, 0.15) is 6.29 Å². The molecule has 1 aliphatic rings. The SMILES string of the molecule is O=CC1C=CC=NC1=CCl. The van der Waals surface area contributed by atoms with Crippen molar-refractivity contribution in [2.24, 2.45) is 10.9 Å². The molecule has 3 heteroatoms. The fraction of sp³-hybridized carbons (Fsp3) is 0.143. The van der Waals surface area contributed by atoms with E-state index in [1.54, 1.807) is 18.4 Å². The predicted molar refractivity (Wildman–Crippen MR) is 41.1 cm³/mol. The standard InChI is InChI=1S/C7H6ClNO/c8-4-7-6(5-10)2-1-3-9-7/h1-6H. The maximum atomic E-state index is 10.3. The summed E-state index contributed by atoms with van der Waals surface area (Å²) in [5, 5.41) is 0. The van der Waals surface area contributed by atoms with Crippen LogP contribution in [0, 0.1) is 5.92 Å². The van der Waals surface area contributed by atoms with Gasteiger partial charge in [0.05, 0.1) is 11.6 Å². The summed E-state index contributed by atoms with van der Waals surface area (Å²) in [6.07, 6.45) is 5.88. The van der Waals surface area contributed by atoms with E-state index < -0.39 is 0 Å². The van der Waals surface area contributed by atoms with Crippen LogP contribution in [0.1, 0.15) is 0 Å². The largest absolute Gasteiger partial charge is 0.302 e. The van der Waals surface area contributed by atoms with Crippen molar-refractivity contribution in [3.63, 3.8) is 0 Å². The molecule has 10 heavy (non-hydrogen) atoms. The van der Waals surface area contributed by atoms with Crippen LogP contribution in [0.2, 0.25) is 0 Å². The normalized spacial score (nSPS) is 27.3. The minimum atomic E-state index is -0.262. The number of carbonyl (C=O) groups is 1. The second kappa shape index (κ2) is 3.32. The van der Waals surface area contributed by atoms with Crippen LogP contribution in [0.3, 0.4) is 0 Å². The van der Waals surface area contributed by atoms with Gasteiger partial charge in [-0.1, -0.05) is 17.7 Å². The molecule has 1 rings (SSSR count). The van der Waals surface area contributed by atoms with Gasteiger partial charge >= 0.3 is 0 Å². The Kier molecular flexibility index (Phi) is 2.40. The lowest BCUT2D eigenvalue weighted by atomic mass is 10.1. The number of hydrogen-bond acceptors (Lipinski definition) is 2. The third kappa shape index (κ3) is 1.33. The third-order valence-electron chi connectivity index (χ3n) is 1.23. The highest BCUT2D eigenvalue weighted by atomic mass is 35.5. The van der Waals surface area contributed by atoms with Gasteiger partial charge in [0.15, 0.2) is 0 Å². The van der Waals surface area contributed by atoms with Crippen molar-refractivity contribution >= 4 is 24.1 Å². The minimum Gasteiger partial charge on any atom is -0.302 e. The van der Waals surface area contributed by atoms with E-state index >= 15 is 0 Å². The zero-order valence-corrected chi connectivity index (χ0v) is 5.95. The lowest BCUT2D eigenvalue weighted by molar-refractivity contribution is -0.109. The first-order valence-corrected chi connectivity index (χ1v) is 3.28. The molecule has 0 fully saturated rings. The second-order valence-corrected chi connectivity index (χ2v) is 2.08. The average Bonchev–Trinajstić information content (AvgIpc) is 2.04. The molecule has 0 aromatic carbocycles. The van der Waals surface area contributed by atoms with E-state index in [1.807, 2.05) is 0 Å². The zero-order chi connectivity index (χ0) is 7.40. The van der Waals surface area contributed by atoms with E-state index in [4.69, 9.17) is 11.6 Å². The van der Waals surface area contributed by atoms with Crippen LogP contribution in [0.15, 0.2) is 28.4 Å². The summed E-state index contributed by atoms with van der Waals surface area (Å²) in [6.45, 7) is 0. The number of halogens is 1. The molecule has 0 saturated carbocycles. The zero-order valence-electron chi connectivity index (χ0n) is 5.20. The molecule has 1 atom stereocenters. The van der Waals surface area contributed by atoms with Crippen molar-refractivity contribution in [1.29, 1.82) is 0 Å². The Morgan fingerprint density at radius 2 is 2.50 bits per heavy atom. The van der Waals surface area contributed by atoms with Gasteiger partial charge in [-0.25, -0.2) is 0 Å². The fourth-order valence-electron chi connectivity index (χ4n) is 0.699. The van der Waals surface area contributed by atoms with Crippen LogP contribution in [-0.4, -0.2) is 12.5 Å². The number of dihydropyridines is 1. The van der Waals surface area contributed by atoms with Gasteiger partial charge < -0.3 is 4.79 Å². The van der Waals surface area contributed by atoms with Gasteiger partial charge in [-0.2, -0.15) is 0 Å². The number of nitrogens with zero attached hydrogens (tertiary/aromatic N) is 1. The summed E-state index contributed by atoms with van der Waals surface area (Å²) in [7, 11) is 0. The van der Waals surface area contributed by atoms with E-state index in [9.17, 15) is 4.79 Å². The Balaban J connectivity index is 2.83. The molecule has 0 radical (unpaired) electrons. The maximum Gasteiger partial charge on any atom is 0.132 e. The summed E-state index contributed by atoms with van der Waals surface area (Å²) in [6, 6.07) is 0. The molecule has 1 unspecified atom stereocenters. The molecule has 1 aliphatic heterocycles. The van der Waals surface area contributed by atoms with Crippen molar-refractivity contribution in [2.45, 2.75) is 0 Å². The monoisotopic (exact) mass is 155 g/mol. The topological polar surface area (TPSA) is 29.4 Å². The molecule has 0 amide bonds. The molecule has 52 valence electrons. The lowest BCUT2D eigenvalue weighted by Crippen LogP contribution is -2.03. The summed E-state index contributed by atoms with van der Waals surface area (Å²) in [4.78, 5) is 14.2. The first-order valence-electron chi connectivity index (χ1n) is 2.85. The van der Waals surface area contributed by atoms with Crippen LogP contribution in [0.25, 0.3) is 0 Å². The van der Waals surface area contributed by atoms with Crippen LogP contribution in [-0.2, 0) is 4.79 Å². The molecule has 1 heterocycles. The van der Waals surface area contributed by atoms with Crippen LogP contribution in [0.4, 0.5) is 0 Å². The minimum absolute atomic E-state index is 0.262. The fourth-order valence-corrected chi connectivity index (χ4v) is 0.901. The highest BCUT2D eigenvalue weighted by Crippen LogP contribution is 2.15. The molecule has 0 aromatic rings. The van der Waals surface area contributed by atoms with E-state index in [1.165, 1.54) is 5.54 Å². The number of carbonyl (C=O) groups excluding carboxylic acids is 1. The first-order chi connectivity index (χ1) is 4.88. The van der Waals surface area contributed by atoms with Crippen molar-refractivity contribution < 1.29 is 4.79 Å². The van der Waals surface area contributed by atoms with Gasteiger partial charge in [-0.3, -0.25) is 4.99 Å². The summed E-state index contributed by atoms with van der Waals surface area (Å²) in [5.74, 6) is -0.262. The van der Waals surface area contributed by atoms with E-state index in [0.717, 1.165) is 6.29 Å². The van der Waals surface area contributed by atoms with Gasteiger partial charge in [0.2, 0.25) is 0 Å². The Labute approximate surface area is 63.9 Å². The number of rotatable bonds is 1. The Morgan fingerprint density at radius 1 is 1.70 bits per heavy atom. The first kappa shape index (κ1) is 7.22. The number of aldehydes is 1. The number of allylic oxidation sites excluding steroid dienone is 2. The molecule has 0 spiro atoms. The van der Waals surface area contributed by atoms with E-state index in [0.29, 0.717) is 5.70 Å². The Hall–Kier alpha value is -0.890. The van der Waals surface area contributed by atoms with Crippen LogP contribution < -0.4 is 0 Å². The quantitative estimate of drug-likeness (QED) is 0.528. The smallest absolute Gasteiger partial charge is 0.132 e. The summed E-state index contributed by atoms with van der Waals surface area (Å²) < 4.78 is 0. The Morgan fingerprint density at radius 3 is 3.00 bits per heavy atom. The number of hydrogen-bond donors (Lipinski definition) is 0. The molecule has 0 N–H and O–H groups in total. The summed E-state index contributed by atoms with van der Waals surface area (Å²) >= 11 is 5.39. The van der Waals surface area contributed by atoms with Gasteiger partial charge in [-0.15, -0.1) is 0 Å². The molecular formula is C7H6ClNO. The highest BCUT2D eigenvalue weighted by Gasteiger charge is 2.09. The van der Waals surface area contributed by atoms with Gasteiger partial charge in [-0.05, 0) is 6.08 Å². The number of aliphatic imine (C=N–C) groups is 1. The highest BCUT2D eigenvalue weighted by molar-refractivity contribution is 6.25. The molecule has 0 aromatic heterocycles. The second-order valence-electron chi connectivity index (χ2n) is 1.86. The Bertz CT molecular complexity index is 218. The van der Waals surface area contributed by atoms with Crippen LogP contribution >= 0.6 is 11.6 Å². The average molecular weight is 156 g/mol. The molecule has 0 saturated heterocycles. The lowest BCUT2D eigenvalue weighted by Gasteiger charge is -2.06. The molecule has 0 bridgehead atoms. The van der Waals surface area contributed by atoms with Gasteiger partial charge in [0, 0.05) is 11.7 Å². The van der Waals surface area contributed by atoms with E-state index in [-0.39, 0.29) is 5.92 Å². The van der Waals surface area contributed by atoms with Crippen molar-refractivity contribution in [3.05, 3.63) is 23.4 Å². The summed E-state index contributed by atoms with van der Waals surface area (Å²) in [5.41, 5.74) is 1.91. The van der Waals surface area contributed by atoms with Crippen molar-refractivity contribution in [2.75, 3.05) is 0 Å². The van der Waals surface area contributed by atoms with Gasteiger partial charge in [0.25, 0.3) is 0 Å².